The van der Waals surface area contributed by atoms with Gasteiger partial charge in [-0.05, 0) is 38.9 Å². The summed E-state index contributed by atoms with van der Waals surface area (Å²) in [5.74, 6) is 1.16. The van der Waals surface area contributed by atoms with Crippen LogP contribution in [0, 0.1) is 0 Å². The highest BCUT2D eigenvalue weighted by atomic mass is 35.5. The van der Waals surface area contributed by atoms with E-state index in [1.165, 1.54) is 11.1 Å². The first-order valence-corrected chi connectivity index (χ1v) is 8.61. The van der Waals surface area contributed by atoms with Crippen LogP contribution in [0.2, 0.25) is 5.02 Å². The third-order valence-corrected chi connectivity index (χ3v) is 5.18. The van der Waals surface area contributed by atoms with E-state index in [1.807, 2.05) is 25.6 Å². The first kappa shape index (κ1) is 15.7. The molecule has 2 atom stereocenters. The zero-order valence-corrected chi connectivity index (χ0v) is 13.8. The van der Waals surface area contributed by atoms with Crippen LogP contribution < -0.4 is 10.9 Å². The largest absolute Gasteiger partial charge is 0.380 e. The number of anilines is 1. The van der Waals surface area contributed by atoms with Gasteiger partial charge in [0, 0.05) is 11.3 Å². The van der Waals surface area contributed by atoms with Crippen LogP contribution in [0.15, 0.2) is 11.0 Å². The normalized spacial score (nSPS) is 22.4. The Hall–Kier alpha value is -0.680. The van der Waals surface area contributed by atoms with Crippen molar-refractivity contribution in [2.45, 2.75) is 57.4 Å². The lowest BCUT2D eigenvalue weighted by Gasteiger charge is -2.16. The van der Waals surface area contributed by atoms with Crippen molar-refractivity contribution in [2.75, 3.05) is 11.1 Å². The summed E-state index contributed by atoms with van der Waals surface area (Å²) in [6, 6.07) is 0.415. The number of nitrogens with zero attached hydrogens (tertiary/aromatic N) is 2. The summed E-state index contributed by atoms with van der Waals surface area (Å²) in [4.78, 5) is 12.1. The van der Waals surface area contributed by atoms with Gasteiger partial charge in [-0.1, -0.05) is 18.5 Å². The summed E-state index contributed by atoms with van der Waals surface area (Å²) in [7, 11) is 0. The second-order valence-electron chi connectivity index (χ2n) is 5.45. The lowest BCUT2D eigenvalue weighted by atomic mass is 10.2. The number of aromatic nitrogens is 2. The van der Waals surface area contributed by atoms with Crippen molar-refractivity contribution in [1.29, 1.82) is 0 Å². The maximum absolute atomic E-state index is 12.1. The van der Waals surface area contributed by atoms with Gasteiger partial charge in [-0.2, -0.15) is 16.9 Å². The van der Waals surface area contributed by atoms with Crippen LogP contribution in [0.3, 0.4) is 0 Å². The molecule has 20 heavy (non-hydrogen) atoms. The van der Waals surface area contributed by atoms with E-state index >= 15 is 0 Å². The third kappa shape index (κ3) is 3.50. The third-order valence-electron chi connectivity index (χ3n) is 3.58. The minimum absolute atomic E-state index is 0.0193. The summed E-state index contributed by atoms with van der Waals surface area (Å²) in [6.45, 7) is 6.03. The first-order valence-electron chi connectivity index (χ1n) is 7.18. The van der Waals surface area contributed by atoms with E-state index in [-0.39, 0.29) is 16.6 Å². The van der Waals surface area contributed by atoms with Crippen LogP contribution in [0.25, 0.3) is 0 Å². The fraction of sp³-hybridized carbons (Fsp3) is 0.714. The van der Waals surface area contributed by atoms with Gasteiger partial charge in [-0.15, -0.1) is 0 Å². The molecule has 0 aliphatic heterocycles. The summed E-state index contributed by atoms with van der Waals surface area (Å²) in [6.07, 6.45) is 5.15. The second kappa shape index (κ2) is 6.85. The number of thioether (sulfide) groups is 1. The van der Waals surface area contributed by atoms with Crippen LogP contribution in [0.4, 0.5) is 5.69 Å². The monoisotopic (exact) mass is 315 g/mol. The topological polar surface area (TPSA) is 46.9 Å². The maximum atomic E-state index is 12.1. The molecule has 2 unspecified atom stereocenters. The quantitative estimate of drug-likeness (QED) is 0.902. The van der Waals surface area contributed by atoms with E-state index in [0.29, 0.717) is 11.7 Å². The summed E-state index contributed by atoms with van der Waals surface area (Å²) >= 11 is 8.19. The number of halogens is 1. The van der Waals surface area contributed by atoms with Crippen molar-refractivity contribution in [3.63, 3.8) is 0 Å². The average molecular weight is 316 g/mol. The van der Waals surface area contributed by atoms with Crippen molar-refractivity contribution < 1.29 is 0 Å². The van der Waals surface area contributed by atoms with Gasteiger partial charge in [0.1, 0.15) is 5.02 Å². The summed E-state index contributed by atoms with van der Waals surface area (Å²) in [5.41, 5.74) is 0.449. The predicted octanol–water partition coefficient (Wildman–Crippen LogP) is 3.56. The molecule has 0 radical (unpaired) electrons. The van der Waals surface area contributed by atoms with E-state index < -0.39 is 0 Å². The SMILES string of the molecule is CCSC1CCC(Nc2cnn(C(C)C)c(=O)c2Cl)C1. The van der Waals surface area contributed by atoms with Crippen LogP contribution in [-0.4, -0.2) is 26.8 Å². The van der Waals surface area contributed by atoms with E-state index in [2.05, 4.69) is 17.3 Å². The highest BCUT2D eigenvalue weighted by Gasteiger charge is 2.25. The van der Waals surface area contributed by atoms with Crippen molar-refractivity contribution in [3.8, 4) is 0 Å². The van der Waals surface area contributed by atoms with Gasteiger partial charge in [0.05, 0.1) is 17.9 Å². The van der Waals surface area contributed by atoms with E-state index in [0.717, 1.165) is 23.8 Å². The molecule has 4 nitrogen and oxygen atoms in total. The molecule has 1 heterocycles. The van der Waals surface area contributed by atoms with Crippen molar-refractivity contribution in [3.05, 3.63) is 21.6 Å². The first-order chi connectivity index (χ1) is 9.52. The number of rotatable bonds is 5. The highest BCUT2D eigenvalue weighted by Crippen LogP contribution is 2.32. The molecule has 1 saturated carbocycles. The Balaban J connectivity index is 2.08. The molecule has 0 aromatic carbocycles. The van der Waals surface area contributed by atoms with Gasteiger partial charge in [0.2, 0.25) is 0 Å². The Bertz CT molecular complexity index is 518. The smallest absolute Gasteiger partial charge is 0.287 e. The zero-order valence-electron chi connectivity index (χ0n) is 12.2. The molecule has 1 aromatic rings. The molecule has 1 N–H and O–H groups in total. The van der Waals surface area contributed by atoms with Gasteiger partial charge < -0.3 is 5.32 Å². The van der Waals surface area contributed by atoms with E-state index in [9.17, 15) is 4.79 Å². The van der Waals surface area contributed by atoms with Gasteiger partial charge >= 0.3 is 0 Å². The van der Waals surface area contributed by atoms with Crippen molar-refractivity contribution in [1.82, 2.24) is 9.78 Å². The van der Waals surface area contributed by atoms with Crippen LogP contribution >= 0.6 is 23.4 Å². The molecule has 0 bridgehead atoms. The summed E-state index contributed by atoms with van der Waals surface area (Å²) in [5, 5.41) is 8.54. The van der Waals surface area contributed by atoms with Crippen LogP contribution in [-0.2, 0) is 0 Å². The molecule has 0 spiro atoms. The maximum Gasteiger partial charge on any atom is 0.287 e. The van der Waals surface area contributed by atoms with Gasteiger partial charge in [0.25, 0.3) is 5.56 Å². The van der Waals surface area contributed by atoms with Gasteiger partial charge in [0.15, 0.2) is 0 Å². The van der Waals surface area contributed by atoms with Gasteiger partial charge in [-0.25, -0.2) is 4.68 Å². The molecule has 0 amide bonds. The molecule has 1 aliphatic carbocycles. The van der Waals surface area contributed by atoms with Crippen LogP contribution in [0.1, 0.15) is 46.1 Å². The molecule has 1 aliphatic rings. The Kier molecular flexibility index (Phi) is 5.38. The minimum Gasteiger partial charge on any atom is -0.380 e. The molecule has 2 rings (SSSR count). The number of hydrogen-bond donors (Lipinski definition) is 1. The van der Waals surface area contributed by atoms with Crippen molar-refractivity contribution >= 4 is 29.1 Å². The van der Waals surface area contributed by atoms with Gasteiger partial charge in [-0.3, -0.25) is 4.79 Å². The number of hydrogen-bond acceptors (Lipinski definition) is 4. The summed E-state index contributed by atoms with van der Waals surface area (Å²) < 4.78 is 1.41. The fourth-order valence-corrected chi connectivity index (χ4v) is 3.92. The number of nitrogens with one attached hydrogen (secondary N) is 1. The fourth-order valence-electron chi connectivity index (χ4n) is 2.59. The minimum atomic E-state index is -0.218. The molecule has 0 saturated heterocycles. The lowest BCUT2D eigenvalue weighted by molar-refractivity contribution is 0.503. The molecule has 6 heteroatoms. The average Bonchev–Trinajstić information content (AvgIpc) is 2.83. The highest BCUT2D eigenvalue weighted by molar-refractivity contribution is 7.99. The zero-order chi connectivity index (χ0) is 14.7. The lowest BCUT2D eigenvalue weighted by Crippen LogP contribution is -2.27. The van der Waals surface area contributed by atoms with E-state index in [4.69, 9.17) is 11.6 Å². The van der Waals surface area contributed by atoms with Crippen molar-refractivity contribution in [2.24, 2.45) is 0 Å². The second-order valence-corrected chi connectivity index (χ2v) is 7.40. The molecular weight excluding hydrogens is 294 g/mol. The Labute approximate surface area is 129 Å². The Morgan fingerprint density at radius 2 is 2.30 bits per heavy atom. The standard InChI is InChI=1S/C14H22ClN3OS/c1-4-20-11-6-5-10(7-11)17-12-8-16-18(9(2)3)14(19)13(12)15/h8-11,17H,4-7H2,1-3H3. The van der Waals surface area contributed by atoms with Crippen LogP contribution in [0.5, 0.6) is 0 Å². The molecule has 1 aromatic heterocycles. The Morgan fingerprint density at radius 1 is 1.55 bits per heavy atom. The molecule has 112 valence electrons. The molecule has 1 fully saturated rings. The predicted molar refractivity (Wildman–Crippen MR) is 87.1 cm³/mol. The van der Waals surface area contributed by atoms with E-state index in [1.54, 1.807) is 6.20 Å². The Morgan fingerprint density at radius 3 is 2.95 bits per heavy atom. The molecular formula is C14H22ClN3OS.